The maximum atomic E-state index is 12.4. The number of ether oxygens (including phenoxy) is 1. The first-order valence-corrected chi connectivity index (χ1v) is 8.42. The Balaban J connectivity index is 2.18. The van der Waals surface area contributed by atoms with Gasteiger partial charge in [-0.05, 0) is 42.5 Å². The van der Waals surface area contributed by atoms with Gasteiger partial charge in [0.25, 0.3) is 0 Å². The van der Waals surface area contributed by atoms with E-state index in [1.54, 1.807) is 24.3 Å². The van der Waals surface area contributed by atoms with E-state index in [1.807, 2.05) is 6.92 Å². The van der Waals surface area contributed by atoms with Crippen LogP contribution in [0.25, 0.3) is 0 Å². The molecule has 100 valence electrons. The van der Waals surface area contributed by atoms with E-state index in [1.165, 1.54) is 0 Å². The second-order valence-electron chi connectivity index (χ2n) is 5.14. The van der Waals surface area contributed by atoms with Gasteiger partial charge >= 0.3 is 0 Å². The Hall–Kier alpha value is -0.390. The van der Waals surface area contributed by atoms with Crippen molar-refractivity contribution in [2.75, 3.05) is 19.0 Å². The highest BCUT2D eigenvalue weighted by Gasteiger charge is 2.33. The number of hydrogen-bond acceptors (Lipinski definition) is 3. The second kappa shape index (κ2) is 5.31. The standard InChI is InChI=1S/C13H17BrO3S/c1-13(6-8-17-9-7-13)10-18(15,16)12-4-2-11(14)3-5-12/h2-5H,6-10H2,1H3. The van der Waals surface area contributed by atoms with Gasteiger partial charge in [-0.15, -0.1) is 0 Å². The number of halogens is 1. The predicted molar refractivity (Wildman–Crippen MR) is 74.4 cm³/mol. The van der Waals surface area contributed by atoms with E-state index < -0.39 is 9.84 Å². The molecule has 1 heterocycles. The molecule has 1 aliphatic heterocycles. The van der Waals surface area contributed by atoms with Gasteiger partial charge in [0.2, 0.25) is 0 Å². The van der Waals surface area contributed by atoms with Crippen LogP contribution in [0.5, 0.6) is 0 Å². The first kappa shape index (κ1) is 14.0. The van der Waals surface area contributed by atoms with Crippen molar-refractivity contribution < 1.29 is 13.2 Å². The van der Waals surface area contributed by atoms with Crippen LogP contribution in [0.15, 0.2) is 33.6 Å². The summed E-state index contributed by atoms with van der Waals surface area (Å²) < 4.78 is 30.9. The van der Waals surface area contributed by atoms with Crippen LogP contribution in [-0.2, 0) is 14.6 Å². The molecule has 5 heteroatoms. The monoisotopic (exact) mass is 332 g/mol. The molecule has 0 aliphatic carbocycles. The first-order chi connectivity index (χ1) is 8.41. The van der Waals surface area contributed by atoms with Gasteiger partial charge in [-0.1, -0.05) is 22.9 Å². The van der Waals surface area contributed by atoms with Crippen LogP contribution in [0.1, 0.15) is 19.8 Å². The van der Waals surface area contributed by atoms with E-state index in [2.05, 4.69) is 15.9 Å². The van der Waals surface area contributed by atoms with Crippen LogP contribution >= 0.6 is 15.9 Å². The quantitative estimate of drug-likeness (QED) is 0.854. The Morgan fingerprint density at radius 1 is 1.22 bits per heavy atom. The molecule has 0 N–H and O–H groups in total. The molecule has 1 saturated heterocycles. The van der Waals surface area contributed by atoms with Crippen LogP contribution < -0.4 is 0 Å². The Morgan fingerprint density at radius 2 is 1.78 bits per heavy atom. The lowest BCUT2D eigenvalue weighted by Crippen LogP contribution is -2.33. The summed E-state index contributed by atoms with van der Waals surface area (Å²) in [4.78, 5) is 0.401. The van der Waals surface area contributed by atoms with E-state index in [0.717, 1.165) is 17.3 Å². The van der Waals surface area contributed by atoms with Gasteiger partial charge in [0.1, 0.15) is 0 Å². The topological polar surface area (TPSA) is 43.4 Å². The van der Waals surface area contributed by atoms with Crippen molar-refractivity contribution in [1.82, 2.24) is 0 Å². The van der Waals surface area contributed by atoms with Crippen molar-refractivity contribution in [3.63, 3.8) is 0 Å². The van der Waals surface area contributed by atoms with Gasteiger partial charge in [-0.3, -0.25) is 0 Å². The zero-order chi connectivity index (χ0) is 13.2. The molecule has 1 aliphatic rings. The molecule has 1 aromatic rings. The summed E-state index contributed by atoms with van der Waals surface area (Å²) in [5, 5.41) is 0. The fourth-order valence-corrected chi connectivity index (χ4v) is 4.38. The Labute approximate surface area is 117 Å². The number of rotatable bonds is 3. The average molecular weight is 333 g/mol. The smallest absolute Gasteiger partial charge is 0.178 e. The summed E-state index contributed by atoms with van der Waals surface area (Å²) in [7, 11) is -3.21. The maximum Gasteiger partial charge on any atom is 0.178 e. The second-order valence-corrected chi connectivity index (χ2v) is 8.04. The molecule has 0 unspecified atom stereocenters. The van der Waals surface area contributed by atoms with E-state index in [4.69, 9.17) is 4.74 Å². The molecule has 0 bridgehead atoms. The third-order valence-corrected chi connectivity index (χ3v) is 6.01. The maximum absolute atomic E-state index is 12.4. The zero-order valence-corrected chi connectivity index (χ0v) is 12.8. The number of benzene rings is 1. The molecule has 0 spiro atoms. The molecule has 1 aromatic carbocycles. The third kappa shape index (κ3) is 3.33. The van der Waals surface area contributed by atoms with E-state index in [-0.39, 0.29) is 11.2 Å². The van der Waals surface area contributed by atoms with Crippen LogP contribution in [0.4, 0.5) is 0 Å². The molecule has 2 rings (SSSR count). The molecule has 3 nitrogen and oxygen atoms in total. The molecule has 0 saturated carbocycles. The van der Waals surface area contributed by atoms with E-state index in [0.29, 0.717) is 18.1 Å². The van der Waals surface area contributed by atoms with Gasteiger partial charge in [0, 0.05) is 17.7 Å². The fraction of sp³-hybridized carbons (Fsp3) is 0.538. The van der Waals surface area contributed by atoms with Crippen LogP contribution in [0.2, 0.25) is 0 Å². The summed E-state index contributed by atoms with van der Waals surface area (Å²) in [6, 6.07) is 6.84. The molecule has 0 amide bonds. The van der Waals surface area contributed by atoms with Gasteiger partial charge in [0.05, 0.1) is 10.6 Å². The van der Waals surface area contributed by atoms with Crippen LogP contribution in [0, 0.1) is 5.41 Å². The van der Waals surface area contributed by atoms with Gasteiger partial charge in [0.15, 0.2) is 9.84 Å². The SMILES string of the molecule is CC1(CS(=O)(=O)c2ccc(Br)cc2)CCOCC1. The van der Waals surface area contributed by atoms with Crippen LogP contribution in [-0.4, -0.2) is 27.4 Å². The molecule has 18 heavy (non-hydrogen) atoms. The lowest BCUT2D eigenvalue weighted by atomic mass is 9.85. The normalized spacial score (nSPS) is 19.7. The van der Waals surface area contributed by atoms with Crippen LogP contribution in [0.3, 0.4) is 0 Å². The Morgan fingerprint density at radius 3 is 2.33 bits per heavy atom. The van der Waals surface area contributed by atoms with Crippen molar-refractivity contribution in [1.29, 1.82) is 0 Å². The third-order valence-electron chi connectivity index (χ3n) is 3.41. The highest BCUT2D eigenvalue weighted by Crippen LogP contribution is 2.33. The van der Waals surface area contributed by atoms with Crippen molar-refractivity contribution in [3.8, 4) is 0 Å². The predicted octanol–water partition coefficient (Wildman–Crippen LogP) is 3.04. The average Bonchev–Trinajstić information content (AvgIpc) is 2.29. The van der Waals surface area contributed by atoms with Gasteiger partial charge < -0.3 is 4.74 Å². The summed E-state index contributed by atoms with van der Waals surface area (Å²) in [5.41, 5.74) is -0.163. The molecule has 0 aromatic heterocycles. The molecule has 1 fully saturated rings. The zero-order valence-electron chi connectivity index (χ0n) is 10.4. The molecule has 0 radical (unpaired) electrons. The first-order valence-electron chi connectivity index (χ1n) is 5.97. The van der Waals surface area contributed by atoms with Gasteiger partial charge in [-0.25, -0.2) is 8.42 Å². The lowest BCUT2D eigenvalue weighted by Gasteiger charge is -2.33. The Bertz CT molecular complexity index is 502. The summed E-state index contributed by atoms with van der Waals surface area (Å²) >= 11 is 3.31. The van der Waals surface area contributed by atoms with Crippen molar-refractivity contribution in [2.24, 2.45) is 5.41 Å². The minimum atomic E-state index is -3.21. The van der Waals surface area contributed by atoms with Crippen molar-refractivity contribution in [2.45, 2.75) is 24.7 Å². The van der Waals surface area contributed by atoms with Crippen molar-refractivity contribution >= 4 is 25.8 Å². The highest BCUT2D eigenvalue weighted by atomic mass is 79.9. The largest absolute Gasteiger partial charge is 0.381 e. The van der Waals surface area contributed by atoms with E-state index in [9.17, 15) is 8.42 Å². The minimum absolute atomic E-state index is 0.163. The minimum Gasteiger partial charge on any atom is -0.381 e. The number of sulfone groups is 1. The molecule has 0 atom stereocenters. The molecular formula is C13H17BrO3S. The number of hydrogen-bond donors (Lipinski definition) is 0. The highest BCUT2D eigenvalue weighted by molar-refractivity contribution is 9.10. The van der Waals surface area contributed by atoms with E-state index >= 15 is 0 Å². The Kier molecular flexibility index (Phi) is 4.14. The summed E-state index contributed by atoms with van der Waals surface area (Å²) in [6.07, 6.45) is 1.62. The fourth-order valence-electron chi connectivity index (χ4n) is 2.19. The lowest BCUT2D eigenvalue weighted by molar-refractivity contribution is 0.0341. The molecular weight excluding hydrogens is 316 g/mol. The van der Waals surface area contributed by atoms with Crippen molar-refractivity contribution in [3.05, 3.63) is 28.7 Å². The summed E-state index contributed by atoms with van der Waals surface area (Å²) in [6.45, 7) is 3.35. The van der Waals surface area contributed by atoms with Gasteiger partial charge in [-0.2, -0.15) is 0 Å². The summed E-state index contributed by atoms with van der Waals surface area (Å²) in [5.74, 6) is 0.199.